The molecule has 20 heteroatoms. The van der Waals surface area contributed by atoms with Gasteiger partial charge in [0.15, 0.2) is 17.4 Å². The molecule has 0 amide bonds. The minimum absolute atomic E-state index is 0.0197. The fourth-order valence-corrected chi connectivity index (χ4v) is 7.75. The predicted octanol–water partition coefficient (Wildman–Crippen LogP) is -1.30. The summed E-state index contributed by atoms with van der Waals surface area (Å²) in [6.07, 6.45) is -2.56. The van der Waals surface area contributed by atoms with E-state index in [1.807, 2.05) is 0 Å². The molecule has 0 radical (unpaired) electrons. The Balaban J connectivity index is 1.21. The third-order valence-corrected chi connectivity index (χ3v) is 10.0. The molecule has 44 heavy (non-hydrogen) atoms. The minimum Gasteiger partial charge on any atom is -0.394 e. The van der Waals surface area contributed by atoms with Gasteiger partial charge in [-0.15, -0.1) is 0 Å². The number of nitrogen functional groups attached to an aromatic ring is 2. The highest BCUT2D eigenvalue weighted by atomic mass is 31.2. The average Bonchev–Trinajstić information content (AvgIpc) is 3.78. The van der Waals surface area contributed by atoms with Crippen molar-refractivity contribution in [3.05, 3.63) is 39.4 Å². The molecule has 3 aromatic rings. The maximum atomic E-state index is 14.4. The van der Waals surface area contributed by atoms with Crippen molar-refractivity contribution < 1.29 is 38.0 Å². The first-order valence-electron chi connectivity index (χ1n) is 14.0. The number of aliphatic hydroxyl groups excluding tert-OH is 2. The monoisotopic (exact) mass is 639 g/mol. The maximum Gasteiger partial charge on any atom is 0.408 e. The number of nitrogens with two attached hydrogens (primary N) is 2. The lowest BCUT2D eigenvalue weighted by Gasteiger charge is -2.30. The number of imidazole rings is 1. The lowest BCUT2D eigenvalue weighted by molar-refractivity contribution is -0.0614. The Bertz CT molecular complexity index is 1660. The van der Waals surface area contributed by atoms with E-state index in [0.29, 0.717) is 13.1 Å². The molecular formula is C24H34N9O10P. The first-order chi connectivity index (χ1) is 21.1. The Hall–Kier alpha value is -3.26. The van der Waals surface area contributed by atoms with E-state index in [4.69, 9.17) is 34.7 Å². The van der Waals surface area contributed by atoms with Gasteiger partial charge in [-0.05, 0) is 18.9 Å². The Kier molecular flexibility index (Phi) is 8.57. The number of aliphatic hydroxyl groups is 2. The zero-order valence-electron chi connectivity index (χ0n) is 23.7. The van der Waals surface area contributed by atoms with Crippen molar-refractivity contribution in [2.45, 2.75) is 62.2 Å². The van der Waals surface area contributed by atoms with Crippen LogP contribution in [0.15, 0.2) is 28.2 Å². The van der Waals surface area contributed by atoms with E-state index in [2.05, 4.69) is 19.9 Å². The highest BCUT2D eigenvalue weighted by Crippen LogP contribution is 2.57. The number of ether oxygens (including phenoxy) is 3. The lowest BCUT2D eigenvalue weighted by Crippen LogP contribution is -2.36. The van der Waals surface area contributed by atoms with E-state index in [9.17, 15) is 24.4 Å². The zero-order chi connectivity index (χ0) is 31.2. The first kappa shape index (κ1) is 30.8. The van der Waals surface area contributed by atoms with Crippen LogP contribution in [0.4, 0.5) is 11.8 Å². The molecule has 3 unspecified atom stereocenters. The topological polar surface area (TPSA) is 257 Å². The van der Waals surface area contributed by atoms with Crippen LogP contribution in [0.3, 0.4) is 0 Å². The van der Waals surface area contributed by atoms with E-state index in [0.717, 1.165) is 12.8 Å². The van der Waals surface area contributed by atoms with Gasteiger partial charge in [0.2, 0.25) is 5.95 Å². The Labute approximate surface area is 249 Å². The van der Waals surface area contributed by atoms with Crippen molar-refractivity contribution in [3.8, 4) is 0 Å². The van der Waals surface area contributed by atoms with Crippen LogP contribution in [-0.2, 0) is 27.8 Å². The summed E-state index contributed by atoms with van der Waals surface area (Å²) in [7, 11) is -2.67. The molecule has 3 aliphatic heterocycles. The molecule has 8 atom stereocenters. The van der Waals surface area contributed by atoms with E-state index in [1.54, 1.807) is 4.67 Å². The van der Waals surface area contributed by atoms with E-state index in [1.165, 1.54) is 34.8 Å². The average molecular weight is 640 g/mol. The summed E-state index contributed by atoms with van der Waals surface area (Å²) in [6.45, 7) is 0.0232. The minimum atomic E-state index is -4.05. The van der Waals surface area contributed by atoms with Crippen LogP contribution in [0.2, 0.25) is 0 Å². The maximum absolute atomic E-state index is 14.4. The highest BCUT2D eigenvalue weighted by Gasteiger charge is 2.49. The largest absolute Gasteiger partial charge is 0.408 e. The van der Waals surface area contributed by atoms with Crippen LogP contribution in [0.25, 0.3) is 11.2 Å². The Morgan fingerprint density at radius 2 is 1.93 bits per heavy atom. The third kappa shape index (κ3) is 5.66. The summed E-state index contributed by atoms with van der Waals surface area (Å²) in [4.78, 5) is 39.0. The second-order valence-electron chi connectivity index (χ2n) is 10.7. The number of hydrogen-bond acceptors (Lipinski definition) is 15. The van der Waals surface area contributed by atoms with Crippen molar-refractivity contribution >= 4 is 30.7 Å². The smallest absolute Gasteiger partial charge is 0.394 e. The summed E-state index contributed by atoms with van der Waals surface area (Å²) < 4.78 is 48.1. The summed E-state index contributed by atoms with van der Waals surface area (Å²) in [5, 5.41) is 21.1. The van der Waals surface area contributed by atoms with Gasteiger partial charge in [-0.2, -0.15) is 9.97 Å². The van der Waals surface area contributed by atoms with Gasteiger partial charge in [0.25, 0.3) is 5.56 Å². The number of rotatable bonds is 10. The summed E-state index contributed by atoms with van der Waals surface area (Å²) in [5.41, 5.74) is 10.3. The molecule has 0 saturated carbocycles. The lowest BCUT2D eigenvalue weighted by atomic mass is 10.1. The first-order valence-corrected chi connectivity index (χ1v) is 15.5. The van der Waals surface area contributed by atoms with Crippen LogP contribution < -0.4 is 22.7 Å². The fourth-order valence-electron chi connectivity index (χ4n) is 5.72. The van der Waals surface area contributed by atoms with Gasteiger partial charge in [0.1, 0.15) is 42.6 Å². The number of anilines is 2. The van der Waals surface area contributed by atoms with Gasteiger partial charge in [0.05, 0.1) is 19.5 Å². The van der Waals surface area contributed by atoms with Gasteiger partial charge in [-0.25, -0.2) is 19.0 Å². The molecule has 3 saturated heterocycles. The molecule has 7 N–H and O–H groups in total. The van der Waals surface area contributed by atoms with Gasteiger partial charge in [0, 0.05) is 32.8 Å². The quantitative estimate of drug-likeness (QED) is 0.161. The highest BCUT2D eigenvalue weighted by molar-refractivity contribution is 7.51. The Morgan fingerprint density at radius 3 is 2.64 bits per heavy atom. The molecule has 240 valence electrons. The molecule has 0 aliphatic carbocycles. The van der Waals surface area contributed by atoms with Gasteiger partial charge in [-0.3, -0.25) is 28.0 Å². The summed E-state index contributed by atoms with van der Waals surface area (Å²) in [5.74, 6) is -0.0792. The van der Waals surface area contributed by atoms with E-state index >= 15 is 0 Å². The van der Waals surface area contributed by atoms with Crippen LogP contribution in [0.1, 0.15) is 31.7 Å². The number of nitrogens with one attached hydrogen (secondary N) is 1. The second-order valence-corrected chi connectivity index (χ2v) is 12.7. The van der Waals surface area contributed by atoms with Crippen molar-refractivity contribution in [1.82, 2.24) is 33.7 Å². The molecule has 0 aromatic carbocycles. The number of nitrogens with zero attached hydrogens (tertiary/aromatic N) is 6. The van der Waals surface area contributed by atoms with Crippen LogP contribution in [0.5, 0.6) is 0 Å². The molecule has 6 heterocycles. The normalized spacial score (nSPS) is 30.8. The molecule has 0 spiro atoms. The van der Waals surface area contributed by atoms with E-state index in [-0.39, 0.29) is 36.0 Å². The SMILES string of the molecule is CO[C@H]1C(O)[C@@H](COP(=O)(OC2C[C@H](n3ccc(N)nc3=O)O[C@@H]2CO)N2CCCC2)O[C@H]1n1cnc2c(=O)[nH]c(N)nc21. The van der Waals surface area contributed by atoms with Crippen LogP contribution >= 0.6 is 7.75 Å². The molecular weight excluding hydrogens is 605 g/mol. The number of hydrogen-bond donors (Lipinski definition) is 5. The summed E-state index contributed by atoms with van der Waals surface area (Å²) in [6, 6.07) is 1.44. The molecule has 3 fully saturated rings. The third-order valence-electron chi connectivity index (χ3n) is 7.93. The van der Waals surface area contributed by atoms with E-state index < -0.39 is 68.6 Å². The zero-order valence-corrected chi connectivity index (χ0v) is 24.6. The van der Waals surface area contributed by atoms with Crippen molar-refractivity contribution in [2.75, 3.05) is 44.9 Å². The molecule has 6 rings (SSSR count). The van der Waals surface area contributed by atoms with Gasteiger partial charge in [-0.1, -0.05) is 0 Å². The molecule has 19 nitrogen and oxygen atoms in total. The Morgan fingerprint density at radius 1 is 1.16 bits per heavy atom. The summed E-state index contributed by atoms with van der Waals surface area (Å²) >= 11 is 0. The van der Waals surface area contributed by atoms with Gasteiger partial charge < -0.3 is 35.9 Å². The number of methoxy groups -OCH3 is 1. The fraction of sp³-hybridized carbons (Fsp3) is 0.625. The van der Waals surface area contributed by atoms with Crippen molar-refractivity contribution in [2.24, 2.45) is 0 Å². The second kappa shape index (κ2) is 12.3. The van der Waals surface area contributed by atoms with Crippen LogP contribution in [-0.4, -0.2) is 108 Å². The standard InChI is InChI=1S/C24H34N9O10P/c1-39-19-18(35)14(42-22(19)33-11-27-17-20(33)29-23(26)30-21(17)36)10-40-44(38,31-5-2-3-6-31)43-12-8-16(41-13(12)9-34)32-7-4-15(25)28-24(32)37/h4,7,11-14,16,18-19,22,34-35H,2-3,5-6,8-10H2,1H3,(H2,25,28,37)(H3,26,29,30,36)/t12?,13-,14-,16-,18?,19+,22-,44?/m1/s1. The van der Waals surface area contributed by atoms with Gasteiger partial charge >= 0.3 is 13.4 Å². The molecule has 3 aliphatic rings. The predicted molar refractivity (Wildman–Crippen MR) is 151 cm³/mol. The number of aromatic amines is 1. The van der Waals surface area contributed by atoms with Crippen LogP contribution in [0, 0.1) is 0 Å². The number of fused-ring (bicyclic) bond motifs is 1. The van der Waals surface area contributed by atoms with Crippen molar-refractivity contribution in [1.29, 1.82) is 0 Å². The molecule has 3 aromatic heterocycles. The van der Waals surface area contributed by atoms with Crippen molar-refractivity contribution in [3.63, 3.8) is 0 Å². The number of H-pyrrole nitrogens is 1. The number of aromatic nitrogens is 6. The molecule has 0 bridgehead atoms.